The second kappa shape index (κ2) is 4.92. The van der Waals surface area contributed by atoms with Gasteiger partial charge in [0.2, 0.25) is 0 Å². The molecule has 4 aromatic rings. The van der Waals surface area contributed by atoms with Gasteiger partial charge >= 0.3 is 0 Å². The van der Waals surface area contributed by atoms with E-state index in [1.807, 2.05) is 0 Å². The molecular formula is C18H12F4S2. The Kier molecular flexibility index (Phi) is 3.25. The zero-order valence-corrected chi connectivity index (χ0v) is 14.4. The zero-order valence-electron chi connectivity index (χ0n) is 12.8. The first-order chi connectivity index (χ1) is 11.1. The predicted octanol–water partition coefficient (Wildman–Crippen LogP) is 7.49. The normalized spacial score (nSPS) is 13.4. The van der Waals surface area contributed by atoms with Gasteiger partial charge in [-0.1, -0.05) is 24.3 Å². The molecule has 0 aliphatic heterocycles. The Balaban J connectivity index is 1.98. The third-order valence-corrected chi connectivity index (χ3v) is 6.60. The Hall–Kier alpha value is -1.66. The first kappa shape index (κ1) is 15.8. The second-order valence-corrected chi connectivity index (χ2v) is 8.17. The summed E-state index contributed by atoms with van der Waals surface area (Å²) in [7, 11) is 0. The van der Waals surface area contributed by atoms with Crippen LogP contribution in [0.15, 0.2) is 36.4 Å². The number of alkyl halides is 4. The summed E-state index contributed by atoms with van der Waals surface area (Å²) in [5.41, 5.74) is -0.0257. The molecule has 24 heavy (non-hydrogen) atoms. The first-order valence-corrected chi connectivity index (χ1v) is 8.93. The molecule has 0 saturated carbocycles. The van der Waals surface area contributed by atoms with Crippen LogP contribution in [0.2, 0.25) is 0 Å². The van der Waals surface area contributed by atoms with Crippen molar-refractivity contribution in [1.29, 1.82) is 0 Å². The molecule has 6 heteroatoms. The largest absolute Gasteiger partial charge is 0.270 e. The minimum absolute atomic E-state index is 0.0129. The van der Waals surface area contributed by atoms with Crippen molar-refractivity contribution in [1.82, 2.24) is 0 Å². The quantitative estimate of drug-likeness (QED) is 0.321. The van der Waals surface area contributed by atoms with Gasteiger partial charge in [-0.05, 0) is 12.1 Å². The Morgan fingerprint density at radius 2 is 1.04 bits per heavy atom. The lowest BCUT2D eigenvalue weighted by Crippen LogP contribution is -2.05. The highest BCUT2D eigenvalue weighted by molar-refractivity contribution is 7.36. The van der Waals surface area contributed by atoms with Crippen molar-refractivity contribution in [3.63, 3.8) is 0 Å². The van der Waals surface area contributed by atoms with Gasteiger partial charge in [0, 0.05) is 45.1 Å². The van der Waals surface area contributed by atoms with Crippen molar-refractivity contribution in [2.45, 2.75) is 25.7 Å². The molecule has 0 radical (unpaired) electrons. The Morgan fingerprint density at radius 1 is 0.667 bits per heavy atom. The molecule has 0 saturated heterocycles. The average molecular weight is 368 g/mol. The fourth-order valence-electron chi connectivity index (χ4n) is 2.80. The molecule has 0 atom stereocenters. The molecular weight excluding hydrogens is 356 g/mol. The fourth-order valence-corrected chi connectivity index (χ4v) is 5.53. The lowest BCUT2D eigenvalue weighted by Gasteiger charge is -2.10. The Labute approximate surface area is 143 Å². The highest BCUT2D eigenvalue weighted by Gasteiger charge is 2.26. The summed E-state index contributed by atoms with van der Waals surface area (Å²) in [5, 5.41) is 1.79. The summed E-state index contributed by atoms with van der Waals surface area (Å²) in [6.07, 6.45) is 0. The summed E-state index contributed by atoms with van der Waals surface area (Å²) in [6, 6.07) is 9.31. The van der Waals surface area contributed by atoms with E-state index in [2.05, 4.69) is 0 Å². The molecule has 2 aromatic carbocycles. The van der Waals surface area contributed by atoms with Crippen molar-refractivity contribution in [3.8, 4) is 0 Å². The number of halogens is 4. The van der Waals surface area contributed by atoms with Crippen LogP contribution < -0.4 is 0 Å². The van der Waals surface area contributed by atoms with Crippen molar-refractivity contribution >= 4 is 52.2 Å². The average Bonchev–Trinajstić information content (AvgIpc) is 2.99. The van der Waals surface area contributed by atoms with Crippen LogP contribution in [0.3, 0.4) is 0 Å². The maximum Gasteiger partial charge on any atom is 0.270 e. The summed E-state index contributed by atoms with van der Waals surface area (Å²) in [4.78, 5) is 0. The molecule has 124 valence electrons. The predicted molar refractivity (Wildman–Crippen MR) is 93.9 cm³/mol. The standard InChI is InChI=1S/C18H12F4S2/c1-17(19,20)9-3-5-11-13(7-9)23-16-12-6-4-10(18(2,21)22)8-14(12)24-15(11)16/h3-8H,1-2H3. The van der Waals surface area contributed by atoms with Crippen LogP contribution in [-0.2, 0) is 11.8 Å². The molecule has 0 N–H and O–H groups in total. The van der Waals surface area contributed by atoms with Gasteiger partial charge in [0.1, 0.15) is 0 Å². The highest BCUT2D eigenvalue weighted by Crippen LogP contribution is 2.46. The van der Waals surface area contributed by atoms with Gasteiger partial charge in [0.05, 0.1) is 9.40 Å². The molecule has 0 nitrogen and oxygen atoms in total. The Morgan fingerprint density at radius 3 is 1.38 bits per heavy atom. The zero-order chi connectivity index (χ0) is 17.3. The minimum atomic E-state index is -2.88. The van der Waals surface area contributed by atoms with E-state index >= 15 is 0 Å². The molecule has 0 aliphatic rings. The van der Waals surface area contributed by atoms with Gasteiger partial charge in [-0.2, -0.15) is 0 Å². The number of rotatable bonds is 2. The van der Waals surface area contributed by atoms with Gasteiger partial charge in [-0.3, -0.25) is 0 Å². The molecule has 0 amide bonds. The molecule has 0 aliphatic carbocycles. The lowest BCUT2D eigenvalue weighted by atomic mass is 10.1. The maximum atomic E-state index is 13.5. The van der Waals surface area contributed by atoms with E-state index in [1.54, 1.807) is 12.1 Å². The van der Waals surface area contributed by atoms with E-state index < -0.39 is 11.8 Å². The molecule has 2 heterocycles. The van der Waals surface area contributed by atoms with Gasteiger partial charge in [0.15, 0.2) is 0 Å². The van der Waals surface area contributed by atoms with Crippen LogP contribution in [0, 0.1) is 0 Å². The maximum absolute atomic E-state index is 13.5. The number of thiophene rings is 2. The van der Waals surface area contributed by atoms with Gasteiger partial charge < -0.3 is 0 Å². The molecule has 2 aromatic heterocycles. The first-order valence-electron chi connectivity index (χ1n) is 7.30. The van der Waals surface area contributed by atoms with Gasteiger partial charge in [0.25, 0.3) is 11.8 Å². The van der Waals surface area contributed by atoms with Gasteiger partial charge in [-0.15, -0.1) is 22.7 Å². The van der Waals surface area contributed by atoms with Crippen molar-refractivity contribution in [2.24, 2.45) is 0 Å². The molecule has 0 fully saturated rings. The van der Waals surface area contributed by atoms with E-state index in [-0.39, 0.29) is 11.1 Å². The Bertz CT molecular complexity index is 990. The molecule has 0 unspecified atom stereocenters. The third-order valence-electron chi connectivity index (χ3n) is 4.10. The van der Waals surface area contributed by atoms with Crippen LogP contribution in [0.25, 0.3) is 29.6 Å². The number of benzene rings is 2. The van der Waals surface area contributed by atoms with E-state index in [9.17, 15) is 17.6 Å². The molecule has 0 bridgehead atoms. The summed E-state index contributed by atoms with van der Waals surface area (Å²) in [6.45, 7) is 1.76. The number of hydrogen-bond donors (Lipinski definition) is 0. The number of fused-ring (bicyclic) bond motifs is 5. The van der Waals surface area contributed by atoms with E-state index in [0.717, 1.165) is 43.4 Å². The molecule has 4 rings (SSSR count). The highest BCUT2D eigenvalue weighted by atomic mass is 32.1. The lowest BCUT2D eigenvalue weighted by molar-refractivity contribution is 0.0169. The van der Waals surface area contributed by atoms with Crippen LogP contribution >= 0.6 is 22.7 Å². The van der Waals surface area contributed by atoms with Crippen molar-refractivity contribution in [3.05, 3.63) is 47.5 Å². The summed E-state index contributed by atoms with van der Waals surface area (Å²) >= 11 is 2.86. The number of hydrogen-bond acceptors (Lipinski definition) is 2. The topological polar surface area (TPSA) is 0 Å². The van der Waals surface area contributed by atoms with E-state index in [0.29, 0.717) is 0 Å². The van der Waals surface area contributed by atoms with E-state index in [4.69, 9.17) is 0 Å². The van der Waals surface area contributed by atoms with Crippen LogP contribution in [0.1, 0.15) is 25.0 Å². The SMILES string of the molecule is CC(F)(F)c1ccc2c(c1)sc1c3ccc(C(C)(F)F)cc3sc21. The van der Waals surface area contributed by atoms with Crippen molar-refractivity contribution in [2.75, 3.05) is 0 Å². The minimum Gasteiger partial charge on any atom is -0.202 e. The summed E-state index contributed by atoms with van der Waals surface area (Å²) < 4.78 is 57.6. The third kappa shape index (κ3) is 2.40. The van der Waals surface area contributed by atoms with E-state index in [1.165, 1.54) is 46.9 Å². The van der Waals surface area contributed by atoms with Crippen LogP contribution in [0.5, 0.6) is 0 Å². The fraction of sp³-hybridized carbons (Fsp3) is 0.222. The van der Waals surface area contributed by atoms with Gasteiger partial charge in [-0.25, -0.2) is 17.6 Å². The van der Waals surface area contributed by atoms with Crippen molar-refractivity contribution < 1.29 is 17.6 Å². The monoisotopic (exact) mass is 368 g/mol. The smallest absolute Gasteiger partial charge is 0.202 e. The molecule has 0 spiro atoms. The summed E-state index contributed by atoms with van der Waals surface area (Å²) in [5.74, 6) is -5.76. The van der Waals surface area contributed by atoms with Crippen LogP contribution in [-0.4, -0.2) is 0 Å². The second-order valence-electron chi connectivity index (χ2n) is 6.06. The van der Waals surface area contributed by atoms with Crippen LogP contribution in [0.4, 0.5) is 17.6 Å².